The summed E-state index contributed by atoms with van der Waals surface area (Å²) < 4.78 is 38.1. The summed E-state index contributed by atoms with van der Waals surface area (Å²) in [5, 5.41) is 0.0177. The molecule has 0 aliphatic heterocycles. The lowest BCUT2D eigenvalue weighted by atomic mass is 10.0. The highest BCUT2D eigenvalue weighted by atomic mass is 35.5. The predicted octanol–water partition coefficient (Wildman–Crippen LogP) is 5.26. The van der Waals surface area contributed by atoms with Crippen molar-refractivity contribution >= 4 is 29.2 Å². The number of nitrogens with two attached hydrogens (primary N) is 1. The molecule has 222 valence electrons. The van der Waals surface area contributed by atoms with E-state index in [1.165, 1.54) is 6.07 Å². The van der Waals surface area contributed by atoms with Crippen molar-refractivity contribution in [2.75, 3.05) is 54.2 Å². The van der Waals surface area contributed by atoms with E-state index in [9.17, 15) is 4.79 Å². The van der Waals surface area contributed by atoms with Gasteiger partial charge in [0.05, 0.1) is 36.5 Å². The maximum absolute atomic E-state index is 13.5. The Hall–Kier alpha value is -2.93. The molecule has 3 rings (SSSR count). The molecule has 1 atom stereocenters. The van der Waals surface area contributed by atoms with Gasteiger partial charge >= 0.3 is 5.97 Å². The summed E-state index contributed by atoms with van der Waals surface area (Å²) in [7, 11) is 3.10. The molecule has 0 radical (unpaired) electrons. The first-order valence-electron chi connectivity index (χ1n) is 12.6. The molecular weight excluding hydrogens is 577 g/mol. The van der Waals surface area contributed by atoms with Crippen LogP contribution in [0.5, 0.6) is 11.5 Å². The SMILES string of the molecule is COCCOCOc1c(Cl)cc(C(ON)C(=O)OC(c2ccccc2)c2ccccc2)c(Cl)c1OCOCCOC. The summed E-state index contributed by atoms with van der Waals surface area (Å²) in [6, 6.07) is 19.9. The topological polar surface area (TPSA) is 117 Å². The number of hydrogen-bond donors (Lipinski definition) is 1. The second-order valence-corrected chi connectivity index (χ2v) is 9.19. The zero-order valence-electron chi connectivity index (χ0n) is 22.8. The minimum Gasteiger partial charge on any atom is -0.462 e. The fourth-order valence-electron chi connectivity index (χ4n) is 3.68. The van der Waals surface area contributed by atoms with Crippen LogP contribution in [0, 0.1) is 0 Å². The molecule has 1 unspecified atom stereocenters. The van der Waals surface area contributed by atoms with Gasteiger partial charge in [0, 0.05) is 19.8 Å². The predicted molar refractivity (Wildman–Crippen MR) is 152 cm³/mol. The van der Waals surface area contributed by atoms with Crippen LogP contribution in [0.25, 0.3) is 0 Å². The summed E-state index contributed by atoms with van der Waals surface area (Å²) in [6.45, 7) is 0.889. The lowest BCUT2D eigenvalue weighted by Gasteiger charge is -2.24. The molecule has 0 saturated carbocycles. The normalized spacial score (nSPS) is 11.9. The molecule has 0 aliphatic carbocycles. The monoisotopic (exact) mass is 609 g/mol. The lowest BCUT2D eigenvalue weighted by Crippen LogP contribution is -2.24. The standard InChI is InChI=1S/C29H33Cl2NO9/c1-34-13-15-36-18-38-27-23(30)17-22(24(31)28(27)39-19-37-16-14-35-2)26(41-32)29(33)40-25(20-9-5-3-6-10-20)21-11-7-4-8-12-21/h3-12,17,25-26H,13-16,18-19,32H2,1-2H3. The van der Waals surface area contributed by atoms with E-state index < -0.39 is 18.2 Å². The number of ether oxygens (including phenoxy) is 7. The Balaban J connectivity index is 1.90. The molecule has 12 heteroatoms. The first kappa shape index (κ1) is 32.6. The summed E-state index contributed by atoms with van der Waals surface area (Å²) in [5.41, 5.74) is 1.60. The van der Waals surface area contributed by atoms with Crippen molar-refractivity contribution in [1.82, 2.24) is 0 Å². The molecule has 0 fully saturated rings. The summed E-state index contributed by atoms with van der Waals surface area (Å²) in [5.74, 6) is 4.87. The summed E-state index contributed by atoms with van der Waals surface area (Å²) in [6.07, 6.45) is -2.20. The second-order valence-electron chi connectivity index (χ2n) is 8.40. The zero-order valence-corrected chi connectivity index (χ0v) is 24.3. The average Bonchev–Trinajstić information content (AvgIpc) is 3.00. The second kappa shape index (κ2) is 17.8. The molecule has 3 aromatic rings. The maximum Gasteiger partial charge on any atom is 0.343 e. The number of benzene rings is 3. The van der Waals surface area contributed by atoms with Gasteiger partial charge in [-0.2, -0.15) is 0 Å². The van der Waals surface area contributed by atoms with Crippen LogP contribution in [0.15, 0.2) is 66.7 Å². The van der Waals surface area contributed by atoms with E-state index in [0.717, 1.165) is 11.1 Å². The minimum absolute atomic E-state index is 0.000515. The van der Waals surface area contributed by atoms with Crippen LogP contribution in [-0.4, -0.2) is 60.2 Å². The number of carbonyl (C=O) groups is 1. The smallest absolute Gasteiger partial charge is 0.343 e. The minimum atomic E-state index is -1.46. The van der Waals surface area contributed by atoms with Crippen LogP contribution in [0.3, 0.4) is 0 Å². The number of carbonyl (C=O) groups excluding carboxylic acids is 1. The molecule has 0 amide bonds. The number of rotatable bonds is 18. The van der Waals surface area contributed by atoms with E-state index in [1.54, 1.807) is 14.2 Å². The summed E-state index contributed by atoms with van der Waals surface area (Å²) >= 11 is 13.3. The number of hydrogen-bond acceptors (Lipinski definition) is 10. The lowest BCUT2D eigenvalue weighted by molar-refractivity contribution is -0.162. The van der Waals surface area contributed by atoms with E-state index in [1.807, 2.05) is 60.7 Å². The number of esters is 1. The fraction of sp³-hybridized carbons (Fsp3) is 0.345. The number of methoxy groups -OCH3 is 2. The molecule has 41 heavy (non-hydrogen) atoms. The van der Waals surface area contributed by atoms with E-state index >= 15 is 0 Å². The van der Waals surface area contributed by atoms with Crippen molar-refractivity contribution in [3.05, 3.63) is 93.5 Å². The molecule has 10 nitrogen and oxygen atoms in total. The Morgan fingerprint density at radius 3 is 1.78 bits per heavy atom. The van der Waals surface area contributed by atoms with Crippen molar-refractivity contribution in [2.45, 2.75) is 12.2 Å². The average molecular weight is 610 g/mol. The van der Waals surface area contributed by atoms with E-state index in [-0.39, 0.29) is 53.9 Å². The van der Waals surface area contributed by atoms with Gasteiger partial charge in [0.25, 0.3) is 0 Å². The third kappa shape index (κ3) is 9.56. The van der Waals surface area contributed by atoms with Crippen LogP contribution in [0.1, 0.15) is 28.9 Å². The molecule has 0 aliphatic rings. The van der Waals surface area contributed by atoms with E-state index in [0.29, 0.717) is 13.2 Å². The van der Waals surface area contributed by atoms with Crippen molar-refractivity contribution < 1.29 is 42.8 Å². The van der Waals surface area contributed by atoms with Gasteiger partial charge in [-0.25, -0.2) is 10.7 Å². The van der Waals surface area contributed by atoms with Crippen molar-refractivity contribution in [3.8, 4) is 11.5 Å². The molecule has 0 aromatic heterocycles. The van der Waals surface area contributed by atoms with Gasteiger partial charge in [0.1, 0.15) is 0 Å². The Morgan fingerprint density at radius 1 is 0.780 bits per heavy atom. The molecule has 0 bridgehead atoms. The van der Waals surface area contributed by atoms with Crippen molar-refractivity contribution in [1.29, 1.82) is 0 Å². The highest BCUT2D eigenvalue weighted by molar-refractivity contribution is 6.36. The van der Waals surface area contributed by atoms with Gasteiger partial charge in [-0.15, -0.1) is 0 Å². The summed E-state index contributed by atoms with van der Waals surface area (Å²) in [4.78, 5) is 18.6. The molecule has 2 N–H and O–H groups in total. The van der Waals surface area contributed by atoms with Gasteiger partial charge in [-0.05, 0) is 17.2 Å². The van der Waals surface area contributed by atoms with Gasteiger partial charge in [0.15, 0.2) is 31.2 Å². The van der Waals surface area contributed by atoms with Crippen LogP contribution in [0.4, 0.5) is 0 Å². The highest BCUT2D eigenvalue weighted by Crippen LogP contribution is 2.46. The Labute approximate surface area is 249 Å². The zero-order chi connectivity index (χ0) is 29.5. The van der Waals surface area contributed by atoms with E-state index in [2.05, 4.69) is 0 Å². The van der Waals surface area contributed by atoms with Crippen LogP contribution in [-0.2, 0) is 33.3 Å². The van der Waals surface area contributed by atoms with Crippen molar-refractivity contribution in [2.24, 2.45) is 5.90 Å². The highest BCUT2D eigenvalue weighted by Gasteiger charge is 2.32. The fourth-order valence-corrected chi connectivity index (χ4v) is 4.23. The maximum atomic E-state index is 13.5. The first-order valence-corrected chi connectivity index (χ1v) is 13.3. The Morgan fingerprint density at radius 2 is 1.29 bits per heavy atom. The third-order valence-electron chi connectivity index (χ3n) is 5.67. The molecule has 0 saturated heterocycles. The van der Waals surface area contributed by atoms with Crippen LogP contribution < -0.4 is 15.4 Å². The Kier molecular flexibility index (Phi) is 14.1. The van der Waals surface area contributed by atoms with Gasteiger partial charge in [-0.1, -0.05) is 83.9 Å². The van der Waals surface area contributed by atoms with Crippen molar-refractivity contribution in [3.63, 3.8) is 0 Å². The quantitative estimate of drug-likeness (QED) is 0.0885. The molecule has 3 aromatic carbocycles. The van der Waals surface area contributed by atoms with Gasteiger partial charge < -0.3 is 33.2 Å². The van der Waals surface area contributed by atoms with E-state index in [4.69, 9.17) is 67.1 Å². The van der Waals surface area contributed by atoms with Gasteiger partial charge in [0.2, 0.25) is 6.10 Å². The number of halogens is 2. The Bertz CT molecular complexity index is 1160. The third-order valence-corrected chi connectivity index (χ3v) is 6.34. The largest absolute Gasteiger partial charge is 0.462 e. The van der Waals surface area contributed by atoms with Crippen LogP contribution >= 0.6 is 23.2 Å². The molecule has 0 heterocycles. The van der Waals surface area contributed by atoms with Gasteiger partial charge in [-0.3, -0.25) is 4.84 Å². The first-order chi connectivity index (χ1) is 20.0. The molecular formula is C29H33Cl2NO9. The van der Waals surface area contributed by atoms with Crippen LogP contribution in [0.2, 0.25) is 10.0 Å². The molecule has 0 spiro atoms.